The van der Waals surface area contributed by atoms with E-state index in [-0.39, 0.29) is 11.3 Å². The number of carbonyl (C=O) groups excluding carboxylic acids is 3. The zero-order valence-electron chi connectivity index (χ0n) is 19.5. The first-order valence-electron chi connectivity index (χ1n) is 10.8. The average Bonchev–Trinajstić information content (AvgIpc) is 2.78. The van der Waals surface area contributed by atoms with Crippen molar-refractivity contribution in [3.05, 3.63) is 58.6 Å². The number of benzene rings is 2. The van der Waals surface area contributed by atoms with Gasteiger partial charge in [0.05, 0.1) is 22.8 Å². The smallest absolute Gasteiger partial charge is 0.417 e. The molecule has 0 aliphatic carbocycles. The van der Waals surface area contributed by atoms with Crippen LogP contribution < -0.4 is 15.4 Å². The van der Waals surface area contributed by atoms with Crippen LogP contribution in [0.5, 0.6) is 5.75 Å². The minimum atomic E-state index is -4.71. The Labute approximate surface area is 205 Å². The Morgan fingerprint density at radius 3 is 2.31 bits per heavy atom. The Bertz CT molecular complexity index is 1080. The largest absolute Gasteiger partial charge is 0.493 e. The van der Waals surface area contributed by atoms with Crippen LogP contribution in [0.15, 0.2) is 42.5 Å². The quantitative estimate of drug-likeness (QED) is 0.455. The topological polar surface area (TPSA) is 93.7 Å². The number of hydrogen-bond acceptors (Lipinski definition) is 5. The van der Waals surface area contributed by atoms with Gasteiger partial charge in [-0.2, -0.15) is 13.2 Å². The maximum absolute atomic E-state index is 13.0. The number of hydrogen-bond donors (Lipinski definition) is 2. The first kappa shape index (κ1) is 28.0. The molecule has 0 aliphatic rings. The number of para-hydroxylation sites is 1. The summed E-state index contributed by atoms with van der Waals surface area (Å²) in [5, 5.41) is 4.34. The second-order valence-electron chi connectivity index (χ2n) is 7.89. The van der Waals surface area contributed by atoms with Gasteiger partial charge in [0, 0.05) is 5.69 Å². The van der Waals surface area contributed by atoms with Crippen LogP contribution in [0.4, 0.5) is 18.9 Å². The Morgan fingerprint density at radius 2 is 1.71 bits per heavy atom. The van der Waals surface area contributed by atoms with E-state index in [2.05, 4.69) is 10.6 Å². The van der Waals surface area contributed by atoms with E-state index in [1.54, 1.807) is 45.0 Å². The van der Waals surface area contributed by atoms with Crippen molar-refractivity contribution in [3.8, 4) is 5.75 Å². The maximum atomic E-state index is 13.0. The summed E-state index contributed by atoms with van der Waals surface area (Å²) in [5.74, 6) is -2.35. The zero-order chi connectivity index (χ0) is 26.3. The summed E-state index contributed by atoms with van der Waals surface area (Å²) in [5.41, 5.74) is -1.06. The highest BCUT2D eigenvalue weighted by Gasteiger charge is 2.34. The molecular weight excluding hydrogens is 489 g/mol. The minimum Gasteiger partial charge on any atom is -0.493 e. The predicted molar refractivity (Wildman–Crippen MR) is 124 cm³/mol. The van der Waals surface area contributed by atoms with Gasteiger partial charge in [-0.3, -0.25) is 9.59 Å². The summed E-state index contributed by atoms with van der Waals surface area (Å²) in [6.07, 6.45) is -6.07. The lowest BCUT2D eigenvalue weighted by molar-refractivity contribution is -0.156. The zero-order valence-corrected chi connectivity index (χ0v) is 20.3. The first-order valence-corrected chi connectivity index (χ1v) is 11.1. The third-order valence-electron chi connectivity index (χ3n) is 4.84. The molecule has 0 bridgehead atoms. The number of nitrogens with one attached hydrogen (secondary N) is 2. The molecule has 0 fully saturated rings. The molecule has 0 aliphatic heterocycles. The third-order valence-corrected chi connectivity index (χ3v) is 5.17. The average molecular weight is 515 g/mol. The molecule has 190 valence electrons. The van der Waals surface area contributed by atoms with Crippen LogP contribution in [0.25, 0.3) is 0 Å². The number of amides is 2. The number of ether oxygens (including phenoxy) is 2. The molecule has 0 heterocycles. The fourth-order valence-corrected chi connectivity index (χ4v) is 3.24. The van der Waals surface area contributed by atoms with E-state index in [9.17, 15) is 27.6 Å². The third kappa shape index (κ3) is 7.61. The summed E-state index contributed by atoms with van der Waals surface area (Å²) >= 11 is 5.58. The normalized spacial score (nSPS) is 13.1. The van der Waals surface area contributed by atoms with Gasteiger partial charge in [-0.25, -0.2) is 4.79 Å². The number of halogens is 4. The molecule has 2 amide bonds. The van der Waals surface area contributed by atoms with Gasteiger partial charge >= 0.3 is 12.1 Å². The van der Waals surface area contributed by atoms with E-state index in [1.807, 2.05) is 0 Å². The lowest BCUT2D eigenvalue weighted by Gasteiger charge is -2.23. The van der Waals surface area contributed by atoms with Gasteiger partial charge in [0.2, 0.25) is 0 Å². The van der Waals surface area contributed by atoms with Crippen LogP contribution in [0.3, 0.4) is 0 Å². The molecule has 0 aromatic heterocycles. The second-order valence-corrected chi connectivity index (χ2v) is 8.29. The molecule has 2 N–H and O–H groups in total. The molecule has 0 saturated carbocycles. The number of rotatable bonds is 9. The Hall–Kier alpha value is -3.27. The minimum absolute atomic E-state index is 0.170. The lowest BCUT2D eigenvalue weighted by atomic mass is 10.0. The van der Waals surface area contributed by atoms with Crippen LogP contribution in [0, 0.1) is 5.92 Å². The fraction of sp³-hybridized carbons (Fsp3) is 0.375. The lowest BCUT2D eigenvalue weighted by Crippen LogP contribution is -2.47. The Kier molecular flexibility index (Phi) is 9.53. The van der Waals surface area contributed by atoms with Gasteiger partial charge in [0.1, 0.15) is 11.8 Å². The SMILES string of the molecule is CCOc1ccccc1C(=O)N[C@H](C(=O)OC(C)C(=O)Nc1ccc(Cl)c(C(F)(F)F)c1)C(C)C. The van der Waals surface area contributed by atoms with Gasteiger partial charge in [-0.1, -0.05) is 37.6 Å². The molecule has 0 saturated heterocycles. The maximum Gasteiger partial charge on any atom is 0.417 e. The van der Waals surface area contributed by atoms with Crippen LogP contribution in [-0.2, 0) is 20.5 Å². The molecule has 35 heavy (non-hydrogen) atoms. The molecule has 7 nitrogen and oxygen atoms in total. The second kappa shape index (κ2) is 11.9. The van der Waals surface area contributed by atoms with Crippen LogP contribution in [0.1, 0.15) is 43.6 Å². The molecule has 11 heteroatoms. The van der Waals surface area contributed by atoms with Gasteiger partial charge in [-0.15, -0.1) is 0 Å². The molecule has 0 spiro atoms. The van der Waals surface area contributed by atoms with Gasteiger partial charge < -0.3 is 20.1 Å². The van der Waals surface area contributed by atoms with Crippen molar-refractivity contribution in [1.29, 1.82) is 0 Å². The van der Waals surface area contributed by atoms with E-state index >= 15 is 0 Å². The van der Waals surface area contributed by atoms with E-state index < -0.39 is 52.6 Å². The molecule has 2 aromatic carbocycles. The van der Waals surface area contributed by atoms with Gasteiger partial charge in [0.25, 0.3) is 11.8 Å². The fourth-order valence-electron chi connectivity index (χ4n) is 3.02. The molecule has 1 unspecified atom stereocenters. The van der Waals surface area contributed by atoms with Crippen LogP contribution in [0.2, 0.25) is 5.02 Å². The van der Waals surface area contributed by atoms with Gasteiger partial charge in [-0.05, 0) is 50.1 Å². The Balaban J connectivity index is 2.09. The van der Waals surface area contributed by atoms with E-state index in [4.69, 9.17) is 21.1 Å². The van der Waals surface area contributed by atoms with E-state index in [1.165, 1.54) is 13.0 Å². The predicted octanol–water partition coefficient (Wildman–Crippen LogP) is 5.08. The summed E-state index contributed by atoms with van der Waals surface area (Å²) in [6, 6.07) is 8.29. The van der Waals surface area contributed by atoms with Crippen molar-refractivity contribution in [2.45, 2.75) is 46.0 Å². The summed E-state index contributed by atoms with van der Waals surface area (Å²) in [4.78, 5) is 38.0. The summed E-state index contributed by atoms with van der Waals surface area (Å²) in [6.45, 7) is 6.72. The number of esters is 1. The van der Waals surface area contributed by atoms with Gasteiger partial charge in [0.15, 0.2) is 6.10 Å². The highest BCUT2D eigenvalue weighted by atomic mass is 35.5. The summed E-state index contributed by atoms with van der Waals surface area (Å²) < 4.78 is 49.8. The van der Waals surface area contributed by atoms with Crippen molar-refractivity contribution in [1.82, 2.24) is 5.32 Å². The number of alkyl halides is 3. The Morgan fingerprint density at radius 1 is 1.06 bits per heavy atom. The number of carbonyl (C=O) groups is 3. The van der Waals surface area contributed by atoms with Crippen molar-refractivity contribution in [2.75, 3.05) is 11.9 Å². The van der Waals surface area contributed by atoms with Crippen LogP contribution >= 0.6 is 11.6 Å². The molecule has 2 aromatic rings. The van der Waals surface area contributed by atoms with Crippen molar-refractivity contribution in [2.24, 2.45) is 5.92 Å². The van der Waals surface area contributed by atoms with Crippen molar-refractivity contribution in [3.63, 3.8) is 0 Å². The molecule has 0 radical (unpaired) electrons. The van der Waals surface area contributed by atoms with Crippen LogP contribution in [-0.4, -0.2) is 36.5 Å². The molecule has 2 atom stereocenters. The van der Waals surface area contributed by atoms with Crippen molar-refractivity contribution >= 4 is 35.1 Å². The highest BCUT2D eigenvalue weighted by molar-refractivity contribution is 6.31. The standard InChI is InChI=1S/C24H26ClF3N2O5/c1-5-34-19-9-7-6-8-16(19)22(32)30-20(13(2)3)23(33)35-14(4)21(31)29-15-10-11-18(25)17(12-15)24(26,27)28/h6-14,20H,5H2,1-4H3,(H,29,31)(H,30,32)/t14?,20-/m0/s1. The summed E-state index contributed by atoms with van der Waals surface area (Å²) in [7, 11) is 0. The number of anilines is 1. The first-order chi connectivity index (χ1) is 16.3. The highest BCUT2D eigenvalue weighted by Crippen LogP contribution is 2.36. The van der Waals surface area contributed by atoms with E-state index in [0.29, 0.717) is 18.4 Å². The molecular formula is C24H26ClF3N2O5. The van der Waals surface area contributed by atoms with E-state index in [0.717, 1.165) is 6.07 Å². The van der Waals surface area contributed by atoms with Crippen molar-refractivity contribution < 1.29 is 37.0 Å². The monoisotopic (exact) mass is 514 g/mol. The molecule has 2 rings (SSSR count).